The highest BCUT2D eigenvalue weighted by molar-refractivity contribution is 7.89. The number of Topliss-reactive ketones (excluding diaryl/α,β-unsaturated/α-hetero) is 1. The topological polar surface area (TPSA) is 101 Å². The normalized spacial score (nSPS) is 19.6. The second-order valence-corrected chi connectivity index (χ2v) is 9.71. The van der Waals surface area contributed by atoms with Gasteiger partial charge >= 0.3 is 0 Å². The maximum Gasteiger partial charge on any atom is 0.243 e. The number of nitrogens with one attached hydrogen (secondary N) is 1. The zero-order chi connectivity index (χ0) is 22.4. The maximum atomic E-state index is 12.7. The number of morpholine rings is 2. The van der Waals surface area contributed by atoms with Gasteiger partial charge in [0.15, 0.2) is 5.78 Å². The van der Waals surface area contributed by atoms with Crippen LogP contribution in [0, 0.1) is 0 Å². The lowest BCUT2D eigenvalue weighted by Crippen LogP contribution is -2.43. The van der Waals surface area contributed by atoms with Gasteiger partial charge in [0.05, 0.1) is 50.2 Å². The summed E-state index contributed by atoms with van der Waals surface area (Å²) >= 11 is 0. The molecule has 0 amide bonds. The number of carbonyl (C=O) groups excluding carboxylic acids is 1. The number of benzene rings is 1. The van der Waals surface area contributed by atoms with Crippen LogP contribution < -0.4 is 5.32 Å². The highest BCUT2D eigenvalue weighted by Crippen LogP contribution is 2.22. The Morgan fingerprint density at radius 3 is 2.25 bits per heavy atom. The molecule has 2 saturated heterocycles. The molecule has 0 bridgehead atoms. The second kappa shape index (κ2) is 10.7. The summed E-state index contributed by atoms with van der Waals surface area (Å²) in [5, 5.41) is 3.23. The van der Waals surface area contributed by atoms with Crippen molar-refractivity contribution >= 4 is 15.8 Å². The molecule has 2 fully saturated rings. The minimum Gasteiger partial charge on any atom is -0.468 e. The molecular weight excluding hydrogens is 434 g/mol. The van der Waals surface area contributed by atoms with Crippen molar-refractivity contribution in [2.75, 3.05) is 65.7 Å². The van der Waals surface area contributed by atoms with Crippen LogP contribution in [0.25, 0.3) is 0 Å². The third kappa shape index (κ3) is 5.45. The molecule has 2 aliphatic heterocycles. The van der Waals surface area contributed by atoms with Gasteiger partial charge in [0.25, 0.3) is 0 Å². The fourth-order valence-electron chi connectivity index (χ4n) is 3.95. The van der Waals surface area contributed by atoms with Crippen LogP contribution in [0.2, 0.25) is 0 Å². The van der Waals surface area contributed by atoms with Crippen LogP contribution in [0.3, 0.4) is 0 Å². The lowest BCUT2D eigenvalue weighted by molar-refractivity contribution is 0.0118. The van der Waals surface area contributed by atoms with Gasteiger partial charge in [-0.3, -0.25) is 9.69 Å². The van der Waals surface area contributed by atoms with Gasteiger partial charge in [-0.05, 0) is 24.3 Å². The third-order valence-electron chi connectivity index (χ3n) is 5.77. The van der Waals surface area contributed by atoms with Crippen molar-refractivity contribution in [2.45, 2.75) is 10.9 Å². The molecule has 4 rings (SSSR count). The molecule has 174 valence electrons. The molecule has 1 unspecified atom stereocenters. The van der Waals surface area contributed by atoms with E-state index in [1.807, 2.05) is 12.1 Å². The Morgan fingerprint density at radius 2 is 1.62 bits per heavy atom. The van der Waals surface area contributed by atoms with Crippen LogP contribution in [-0.2, 0) is 19.5 Å². The zero-order valence-electron chi connectivity index (χ0n) is 17.9. The van der Waals surface area contributed by atoms with E-state index in [9.17, 15) is 13.2 Å². The number of ether oxygens (including phenoxy) is 2. The summed E-state index contributed by atoms with van der Waals surface area (Å²) in [6, 6.07) is 9.96. The Balaban J connectivity index is 1.34. The smallest absolute Gasteiger partial charge is 0.243 e. The van der Waals surface area contributed by atoms with Gasteiger partial charge in [0.1, 0.15) is 5.76 Å². The van der Waals surface area contributed by atoms with Gasteiger partial charge < -0.3 is 19.2 Å². The molecule has 0 spiro atoms. The lowest BCUT2D eigenvalue weighted by Gasteiger charge is -2.33. The van der Waals surface area contributed by atoms with Crippen molar-refractivity contribution in [3.05, 3.63) is 54.0 Å². The molecule has 0 radical (unpaired) electrons. The molecule has 9 nitrogen and oxygen atoms in total. The zero-order valence-corrected chi connectivity index (χ0v) is 18.8. The number of furan rings is 1. The summed E-state index contributed by atoms with van der Waals surface area (Å²) in [6.07, 6.45) is 1.65. The summed E-state index contributed by atoms with van der Waals surface area (Å²) < 4.78 is 43.1. The number of ketones is 1. The van der Waals surface area contributed by atoms with E-state index in [1.54, 1.807) is 18.4 Å². The molecular formula is C22H29N3O6S. The predicted molar refractivity (Wildman–Crippen MR) is 117 cm³/mol. The average Bonchev–Trinajstić information content (AvgIpc) is 3.37. The largest absolute Gasteiger partial charge is 0.468 e. The highest BCUT2D eigenvalue weighted by atomic mass is 32.2. The lowest BCUT2D eigenvalue weighted by atomic mass is 10.1. The number of sulfonamides is 1. The van der Waals surface area contributed by atoms with Gasteiger partial charge in [0, 0.05) is 38.3 Å². The van der Waals surface area contributed by atoms with E-state index in [-0.39, 0.29) is 23.3 Å². The predicted octanol–water partition coefficient (Wildman–Crippen LogP) is 1.15. The van der Waals surface area contributed by atoms with Crippen molar-refractivity contribution < 1.29 is 27.1 Å². The van der Waals surface area contributed by atoms with Crippen LogP contribution >= 0.6 is 0 Å². The van der Waals surface area contributed by atoms with Crippen LogP contribution in [-0.4, -0.2) is 89.1 Å². The van der Waals surface area contributed by atoms with Gasteiger partial charge in [-0.1, -0.05) is 12.1 Å². The van der Waals surface area contributed by atoms with Crippen LogP contribution in [0.5, 0.6) is 0 Å². The fourth-order valence-corrected chi connectivity index (χ4v) is 5.36. The van der Waals surface area contributed by atoms with Crippen molar-refractivity contribution in [1.29, 1.82) is 0 Å². The molecule has 10 heteroatoms. The van der Waals surface area contributed by atoms with Crippen molar-refractivity contribution in [1.82, 2.24) is 14.5 Å². The number of carbonyl (C=O) groups is 1. The van der Waals surface area contributed by atoms with Crippen molar-refractivity contribution in [3.8, 4) is 0 Å². The van der Waals surface area contributed by atoms with E-state index < -0.39 is 10.0 Å². The van der Waals surface area contributed by atoms with E-state index in [2.05, 4.69) is 10.2 Å². The molecule has 0 saturated carbocycles. The molecule has 3 heterocycles. The maximum absolute atomic E-state index is 12.7. The van der Waals surface area contributed by atoms with Gasteiger partial charge in [-0.2, -0.15) is 4.31 Å². The van der Waals surface area contributed by atoms with Gasteiger partial charge in [-0.15, -0.1) is 0 Å². The summed E-state index contributed by atoms with van der Waals surface area (Å²) in [5.41, 5.74) is 0.472. The first-order valence-corrected chi connectivity index (χ1v) is 12.3. The Kier molecular flexibility index (Phi) is 7.71. The van der Waals surface area contributed by atoms with Crippen LogP contribution in [0.15, 0.2) is 52.0 Å². The third-order valence-corrected chi connectivity index (χ3v) is 7.68. The first-order chi connectivity index (χ1) is 15.6. The standard InChI is InChI=1S/C22H29N3O6S/c26-21(17-23-16-20(22-2-1-11-31-22)24-7-12-29-13-8-24)18-3-5-19(6-4-18)32(27,28)25-9-14-30-15-10-25/h1-6,11,20,23H,7-10,12-17H2. The Hall–Kier alpha value is -2.08. The molecule has 2 aromatic rings. The number of rotatable bonds is 9. The quantitative estimate of drug-likeness (QED) is 0.553. The number of hydrogen-bond acceptors (Lipinski definition) is 8. The summed E-state index contributed by atoms with van der Waals surface area (Å²) in [6.45, 7) is 5.14. The minimum absolute atomic E-state index is 0.0164. The summed E-state index contributed by atoms with van der Waals surface area (Å²) in [4.78, 5) is 15.1. The Morgan fingerprint density at radius 1 is 0.969 bits per heavy atom. The second-order valence-electron chi connectivity index (χ2n) is 7.77. The molecule has 1 atom stereocenters. The number of hydrogen-bond donors (Lipinski definition) is 1. The van der Waals surface area contributed by atoms with Gasteiger partial charge in [0.2, 0.25) is 10.0 Å². The summed E-state index contributed by atoms with van der Waals surface area (Å²) in [7, 11) is -3.57. The SMILES string of the molecule is O=C(CNCC(c1ccco1)N1CCOCC1)c1ccc(S(=O)(=O)N2CCOCC2)cc1. The van der Waals surface area contributed by atoms with E-state index in [4.69, 9.17) is 13.9 Å². The van der Waals surface area contributed by atoms with E-state index in [1.165, 1.54) is 16.4 Å². The first kappa shape index (κ1) is 23.1. The molecule has 1 aromatic heterocycles. The van der Waals surface area contributed by atoms with Crippen molar-refractivity contribution in [3.63, 3.8) is 0 Å². The van der Waals surface area contributed by atoms with E-state index in [0.29, 0.717) is 51.6 Å². The van der Waals surface area contributed by atoms with E-state index in [0.717, 1.165) is 18.8 Å². The Labute approximate surface area is 188 Å². The molecule has 1 aromatic carbocycles. The van der Waals surface area contributed by atoms with Gasteiger partial charge in [-0.25, -0.2) is 8.42 Å². The van der Waals surface area contributed by atoms with Crippen molar-refractivity contribution in [2.24, 2.45) is 0 Å². The van der Waals surface area contributed by atoms with E-state index >= 15 is 0 Å². The number of nitrogens with zero attached hydrogens (tertiary/aromatic N) is 2. The minimum atomic E-state index is -3.57. The highest BCUT2D eigenvalue weighted by Gasteiger charge is 2.27. The molecule has 32 heavy (non-hydrogen) atoms. The monoisotopic (exact) mass is 463 g/mol. The average molecular weight is 464 g/mol. The summed E-state index contributed by atoms with van der Waals surface area (Å²) in [5.74, 6) is 0.755. The fraction of sp³-hybridized carbons (Fsp3) is 0.500. The van der Waals surface area contributed by atoms with Crippen LogP contribution in [0.4, 0.5) is 0 Å². The van der Waals surface area contributed by atoms with Crippen LogP contribution in [0.1, 0.15) is 22.2 Å². The Bertz CT molecular complexity index is 966. The molecule has 1 N–H and O–H groups in total. The molecule has 0 aliphatic carbocycles. The first-order valence-electron chi connectivity index (χ1n) is 10.8. The molecule has 2 aliphatic rings.